The first-order valence-electron chi connectivity index (χ1n) is 6.56. The van der Waals surface area contributed by atoms with Crippen LogP contribution in [0.25, 0.3) is 0 Å². The van der Waals surface area contributed by atoms with Crippen molar-refractivity contribution in [2.45, 2.75) is 39.2 Å². The Bertz CT molecular complexity index is 388. The molecule has 0 amide bonds. The molecule has 2 heteroatoms. The van der Waals surface area contributed by atoms with Gasteiger partial charge in [0.15, 0.2) is 0 Å². The second-order valence-corrected chi connectivity index (χ2v) is 5.16. The second kappa shape index (κ2) is 5.35. The first-order valence-corrected chi connectivity index (χ1v) is 6.56. The first kappa shape index (κ1) is 12.2. The molecule has 0 spiro atoms. The number of carbonyl (C=O) groups is 1. The maximum atomic E-state index is 10.7. The maximum absolute atomic E-state index is 10.7. The molecular formula is C15H21NO. The molecule has 17 heavy (non-hydrogen) atoms. The smallest absolute Gasteiger partial charge is 0.150 e. The predicted molar refractivity (Wildman–Crippen MR) is 71.4 cm³/mol. The average Bonchev–Trinajstić information content (AvgIpc) is 3.06. The standard InChI is InChI=1S/C15H21NO/c1-3-5-15(14-8-11(14)2)16-13-7-4-6-12(9-13)10-17/h4,6-7,9-11,14-16H,3,5,8H2,1-2H3. The second-order valence-electron chi connectivity index (χ2n) is 5.16. The molecule has 1 aromatic rings. The summed E-state index contributed by atoms with van der Waals surface area (Å²) in [4.78, 5) is 10.7. The third-order valence-electron chi connectivity index (χ3n) is 3.66. The van der Waals surface area contributed by atoms with Gasteiger partial charge in [0, 0.05) is 17.3 Å². The third-order valence-corrected chi connectivity index (χ3v) is 3.66. The fraction of sp³-hybridized carbons (Fsp3) is 0.533. The van der Waals surface area contributed by atoms with E-state index in [0.717, 1.165) is 29.4 Å². The molecule has 0 radical (unpaired) electrons. The zero-order valence-corrected chi connectivity index (χ0v) is 10.6. The van der Waals surface area contributed by atoms with Gasteiger partial charge in [-0.2, -0.15) is 0 Å². The van der Waals surface area contributed by atoms with Crippen molar-refractivity contribution >= 4 is 12.0 Å². The molecule has 92 valence electrons. The Morgan fingerprint density at radius 1 is 1.53 bits per heavy atom. The van der Waals surface area contributed by atoms with Crippen molar-refractivity contribution in [2.75, 3.05) is 5.32 Å². The highest BCUT2D eigenvalue weighted by atomic mass is 16.1. The number of benzene rings is 1. The van der Waals surface area contributed by atoms with E-state index in [2.05, 4.69) is 19.2 Å². The lowest BCUT2D eigenvalue weighted by Gasteiger charge is -2.19. The summed E-state index contributed by atoms with van der Waals surface area (Å²) in [5, 5.41) is 3.59. The van der Waals surface area contributed by atoms with Crippen LogP contribution in [0.5, 0.6) is 0 Å². The van der Waals surface area contributed by atoms with Crippen molar-refractivity contribution in [1.29, 1.82) is 0 Å². The molecule has 2 nitrogen and oxygen atoms in total. The van der Waals surface area contributed by atoms with E-state index in [1.165, 1.54) is 19.3 Å². The molecule has 1 aromatic carbocycles. The van der Waals surface area contributed by atoms with E-state index >= 15 is 0 Å². The van der Waals surface area contributed by atoms with Gasteiger partial charge >= 0.3 is 0 Å². The van der Waals surface area contributed by atoms with Crippen molar-refractivity contribution in [3.8, 4) is 0 Å². The van der Waals surface area contributed by atoms with Gasteiger partial charge in [-0.3, -0.25) is 4.79 Å². The topological polar surface area (TPSA) is 29.1 Å². The quantitative estimate of drug-likeness (QED) is 0.756. The summed E-state index contributed by atoms with van der Waals surface area (Å²) in [6.45, 7) is 4.54. The summed E-state index contributed by atoms with van der Waals surface area (Å²) in [6, 6.07) is 8.32. The molecule has 0 bridgehead atoms. The van der Waals surface area contributed by atoms with Crippen LogP contribution in [-0.2, 0) is 0 Å². The first-order chi connectivity index (χ1) is 8.24. The number of anilines is 1. The minimum atomic E-state index is 0.567. The van der Waals surface area contributed by atoms with Gasteiger partial charge in [0.2, 0.25) is 0 Å². The Kier molecular flexibility index (Phi) is 3.82. The molecule has 0 saturated heterocycles. The Labute approximate surface area is 103 Å². The van der Waals surface area contributed by atoms with Gasteiger partial charge in [0.05, 0.1) is 0 Å². The van der Waals surface area contributed by atoms with Crippen LogP contribution in [0.2, 0.25) is 0 Å². The van der Waals surface area contributed by atoms with Gasteiger partial charge < -0.3 is 5.32 Å². The molecule has 0 aliphatic heterocycles. The van der Waals surface area contributed by atoms with Crippen LogP contribution >= 0.6 is 0 Å². The largest absolute Gasteiger partial charge is 0.382 e. The van der Waals surface area contributed by atoms with Gasteiger partial charge in [-0.05, 0) is 36.8 Å². The highest BCUT2D eigenvalue weighted by Crippen LogP contribution is 2.42. The van der Waals surface area contributed by atoms with E-state index in [4.69, 9.17) is 0 Å². The highest BCUT2D eigenvalue weighted by molar-refractivity contribution is 5.76. The number of hydrogen-bond donors (Lipinski definition) is 1. The summed E-state index contributed by atoms with van der Waals surface area (Å²) in [6.07, 6.45) is 4.65. The minimum absolute atomic E-state index is 0.567. The highest BCUT2D eigenvalue weighted by Gasteiger charge is 2.38. The van der Waals surface area contributed by atoms with Gasteiger partial charge in [-0.25, -0.2) is 0 Å². The van der Waals surface area contributed by atoms with Crippen molar-refractivity contribution in [3.05, 3.63) is 29.8 Å². The van der Waals surface area contributed by atoms with Crippen molar-refractivity contribution in [1.82, 2.24) is 0 Å². The molecular weight excluding hydrogens is 210 g/mol. The molecule has 0 heterocycles. The van der Waals surface area contributed by atoms with Crippen LogP contribution in [0.1, 0.15) is 43.5 Å². The number of hydrogen-bond acceptors (Lipinski definition) is 2. The summed E-state index contributed by atoms with van der Waals surface area (Å²) in [5.74, 6) is 1.67. The van der Waals surface area contributed by atoms with Crippen molar-refractivity contribution < 1.29 is 4.79 Å². The number of aldehydes is 1. The lowest BCUT2D eigenvalue weighted by molar-refractivity contribution is 0.112. The number of nitrogens with one attached hydrogen (secondary N) is 1. The molecule has 3 atom stereocenters. The fourth-order valence-electron chi connectivity index (χ4n) is 2.53. The molecule has 1 aliphatic carbocycles. The van der Waals surface area contributed by atoms with Gasteiger partial charge in [0.1, 0.15) is 6.29 Å². The van der Waals surface area contributed by atoms with Crippen molar-refractivity contribution in [2.24, 2.45) is 11.8 Å². The Morgan fingerprint density at radius 2 is 2.29 bits per heavy atom. The predicted octanol–water partition coefficient (Wildman–Crippen LogP) is 3.74. The third kappa shape index (κ3) is 3.09. The number of rotatable bonds is 6. The van der Waals surface area contributed by atoms with E-state index in [1.807, 2.05) is 24.3 Å². The number of carbonyl (C=O) groups excluding carboxylic acids is 1. The lowest BCUT2D eigenvalue weighted by atomic mass is 10.0. The molecule has 1 aliphatic rings. The summed E-state index contributed by atoms with van der Waals surface area (Å²) in [5.41, 5.74) is 1.82. The normalized spacial score (nSPS) is 24.1. The zero-order chi connectivity index (χ0) is 12.3. The fourth-order valence-corrected chi connectivity index (χ4v) is 2.53. The van der Waals surface area contributed by atoms with Crippen LogP contribution in [0.4, 0.5) is 5.69 Å². The summed E-state index contributed by atoms with van der Waals surface area (Å²) < 4.78 is 0. The van der Waals surface area contributed by atoms with E-state index in [9.17, 15) is 4.79 Å². The summed E-state index contributed by atoms with van der Waals surface area (Å²) in [7, 11) is 0. The molecule has 1 fully saturated rings. The van der Waals surface area contributed by atoms with E-state index in [1.54, 1.807) is 0 Å². The van der Waals surface area contributed by atoms with Crippen molar-refractivity contribution in [3.63, 3.8) is 0 Å². The SMILES string of the molecule is CCCC(Nc1cccc(C=O)c1)C1CC1C. The Morgan fingerprint density at radius 3 is 2.88 bits per heavy atom. The molecule has 1 N–H and O–H groups in total. The zero-order valence-electron chi connectivity index (χ0n) is 10.6. The monoisotopic (exact) mass is 231 g/mol. The molecule has 3 unspecified atom stereocenters. The van der Waals surface area contributed by atoms with Gasteiger partial charge in [0.25, 0.3) is 0 Å². The average molecular weight is 231 g/mol. The van der Waals surface area contributed by atoms with E-state index < -0.39 is 0 Å². The van der Waals surface area contributed by atoms with Crippen LogP contribution in [-0.4, -0.2) is 12.3 Å². The van der Waals surface area contributed by atoms with Crippen LogP contribution in [0.15, 0.2) is 24.3 Å². The molecule has 0 aromatic heterocycles. The maximum Gasteiger partial charge on any atom is 0.150 e. The summed E-state index contributed by atoms with van der Waals surface area (Å²) >= 11 is 0. The molecule has 2 rings (SSSR count). The van der Waals surface area contributed by atoms with Crippen LogP contribution < -0.4 is 5.32 Å². The molecule has 1 saturated carbocycles. The van der Waals surface area contributed by atoms with E-state index in [0.29, 0.717) is 6.04 Å². The lowest BCUT2D eigenvalue weighted by Crippen LogP contribution is -2.22. The van der Waals surface area contributed by atoms with Crippen LogP contribution in [0, 0.1) is 11.8 Å². The Balaban J connectivity index is 2.03. The minimum Gasteiger partial charge on any atom is -0.382 e. The van der Waals surface area contributed by atoms with Crippen LogP contribution in [0.3, 0.4) is 0 Å². The van der Waals surface area contributed by atoms with Gasteiger partial charge in [-0.1, -0.05) is 32.4 Å². The van der Waals surface area contributed by atoms with Gasteiger partial charge in [-0.15, -0.1) is 0 Å². The Hall–Kier alpha value is -1.31. The van der Waals surface area contributed by atoms with E-state index in [-0.39, 0.29) is 0 Å².